The number of benzene rings is 1. The lowest BCUT2D eigenvalue weighted by Crippen LogP contribution is -2.41. The van der Waals surface area contributed by atoms with Gasteiger partial charge in [-0.25, -0.2) is 0 Å². The fourth-order valence-electron chi connectivity index (χ4n) is 2.81. The lowest BCUT2D eigenvalue weighted by molar-refractivity contribution is 0.0902. The van der Waals surface area contributed by atoms with Gasteiger partial charge in [0.15, 0.2) is 17.2 Å². The highest BCUT2D eigenvalue weighted by atomic mass is 16.6. The zero-order valence-corrected chi connectivity index (χ0v) is 13.8. The maximum atomic E-state index is 12.5. The number of rotatable bonds is 4. The van der Waals surface area contributed by atoms with Crippen molar-refractivity contribution in [2.45, 2.75) is 38.1 Å². The number of carbonyl (C=O) groups excluding carboxylic acids is 1. The van der Waals surface area contributed by atoms with Crippen LogP contribution in [0.25, 0.3) is 0 Å². The van der Waals surface area contributed by atoms with Gasteiger partial charge < -0.3 is 19.3 Å². The molecule has 0 saturated heterocycles. The quantitative estimate of drug-likeness (QED) is 0.934. The molecule has 6 nitrogen and oxygen atoms in total. The maximum absolute atomic E-state index is 12.5. The second-order valence-corrected chi connectivity index (χ2v) is 6.83. The predicted molar refractivity (Wildman–Crippen MR) is 86.4 cm³/mol. The fraction of sp³-hybridized carbons (Fsp3) is 0.444. The van der Waals surface area contributed by atoms with E-state index in [2.05, 4.69) is 10.5 Å². The Balaban J connectivity index is 1.52. The Hall–Kier alpha value is -2.50. The van der Waals surface area contributed by atoms with Crippen molar-refractivity contribution in [2.24, 2.45) is 0 Å². The van der Waals surface area contributed by atoms with Crippen LogP contribution in [0.3, 0.4) is 0 Å². The SMILES string of the molecule is CC(C)(NC(=O)c1cc(C2CC2)on1)c1ccc2c(c1)OCCO2. The van der Waals surface area contributed by atoms with E-state index >= 15 is 0 Å². The molecule has 0 spiro atoms. The summed E-state index contributed by atoms with van der Waals surface area (Å²) in [5.74, 6) is 2.43. The number of ether oxygens (including phenoxy) is 2. The number of nitrogens with one attached hydrogen (secondary N) is 1. The Morgan fingerprint density at radius 2 is 1.92 bits per heavy atom. The molecule has 4 rings (SSSR count). The van der Waals surface area contributed by atoms with Gasteiger partial charge in [0.1, 0.15) is 19.0 Å². The molecular formula is C18H20N2O4. The number of nitrogens with zero attached hydrogens (tertiary/aromatic N) is 1. The molecule has 2 heterocycles. The van der Waals surface area contributed by atoms with Crippen molar-refractivity contribution < 1.29 is 18.8 Å². The standard InChI is InChI=1S/C18H20N2O4/c1-18(2,12-5-6-14-16(9-12)23-8-7-22-14)19-17(21)13-10-15(24-20-13)11-3-4-11/h5-6,9-11H,3-4,7-8H2,1-2H3,(H,19,21). The van der Waals surface area contributed by atoms with Crippen LogP contribution in [0.15, 0.2) is 28.8 Å². The minimum Gasteiger partial charge on any atom is -0.486 e. The molecule has 1 aliphatic heterocycles. The van der Waals surface area contributed by atoms with Crippen molar-refractivity contribution in [2.75, 3.05) is 13.2 Å². The second-order valence-electron chi connectivity index (χ2n) is 6.83. The molecule has 0 bridgehead atoms. The summed E-state index contributed by atoms with van der Waals surface area (Å²) < 4.78 is 16.4. The zero-order chi connectivity index (χ0) is 16.7. The molecule has 0 unspecified atom stereocenters. The normalized spacial score (nSPS) is 16.8. The van der Waals surface area contributed by atoms with Crippen LogP contribution in [0, 0.1) is 0 Å². The van der Waals surface area contributed by atoms with E-state index in [1.165, 1.54) is 0 Å². The Labute approximate surface area is 140 Å². The molecule has 126 valence electrons. The molecule has 2 aromatic rings. The monoisotopic (exact) mass is 328 g/mol. The summed E-state index contributed by atoms with van der Waals surface area (Å²) in [6.07, 6.45) is 2.22. The summed E-state index contributed by atoms with van der Waals surface area (Å²) in [4.78, 5) is 12.5. The van der Waals surface area contributed by atoms with E-state index in [9.17, 15) is 4.79 Å². The predicted octanol–water partition coefficient (Wildman–Crippen LogP) is 2.99. The first-order valence-electron chi connectivity index (χ1n) is 8.22. The molecule has 1 saturated carbocycles. The van der Waals surface area contributed by atoms with Crippen LogP contribution in [0.4, 0.5) is 0 Å². The van der Waals surface area contributed by atoms with Crippen molar-refractivity contribution >= 4 is 5.91 Å². The van der Waals surface area contributed by atoms with Crippen LogP contribution in [-0.4, -0.2) is 24.3 Å². The number of aromatic nitrogens is 1. The van der Waals surface area contributed by atoms with E-state index in [1.807, 2.05) is 32.0 Å². The third-order valence-corrected chi connectivity index (χ3v) is 4.43. The van der Waals surface area contributed by atoms with Gasteiger partial charge in [-0.2, -0.15) is 0 Å². The molecule has 0 radical (unpaired) electrons. The first-order chi connectivity index (χ1) is 11.5. The van der Waals surface area contributed by atoms with E-state index in [1.54, 1.807) is 6.07 Å². The lowest BCUT2D eigenvalue weighted by Gasteiger charge is -2.28. The molecule has 1 aliphatic carbocycles. The van der Waals surface area contributed by atoms with Crippen molar-refractivity contribution in [3.05, 3.63) is 41.3 Å². The van der Waals surface area contributed by atoms with Crippen LogP contribution >= 0.6 is 0 Å². The number of hydrogen-bond acceptors (Lipinski definition) is 5. The lowest BCUT2D eigenvalue weighted by atomic mass is 9.93. The number of fused-ring (bicyclic) bond motifs is 1. The smallest absolute Gasteiger partial charge is 0.274 e. The zero-order valence-electron chi connectivity index (χ0n) is 13.8. The van der Waals surface area contributed by atoms with Crippen LogP contribution < -0.4 is 14.8 Å². The van der Waals surface area contributed by atoms with E-state index in [0.29, 0.717) is 30.6 Å². The summed E-state index contributed by atoms with van der Waals surface area (Å²) in [5, 5.41) is 6.90. The number of carbonyl (C=O) groups is 1. The van der Waals surface area contributed by atoms with Crippen LogP contribution in [0.1, 0.15) is 54.4 Å². The summed E-state index contributed by atoms with van der Waals surface area (Å²) in [6, 6.07) is 7.46. The Kier molecular flexibility index (Phi) is 3.48. The van der Waals surface area contributed by atoms with Crippen molar-refractivity contribution in [3.63, 3.8) is 0 Å². The first kappa shape index (κ1) is 15.1. The highest BCUT2D eigenvalue weighted by Gasteiger charge is 2.31. The molecule has 1 N–H and O–H groups in total. The molecule has 2 aliphatic rings. The van der Waals surface area contributed by atoms with Crippen molar-refractivity contribution in [3.8, 4) is 11.5 Å². The van der Waals surface area contributed by atoms with E-state index in [-0.39, 0.29) is 5.91 Å². The second kappa shape index (κ2) is 5.54. The molecule has 1 aromatic carbocycles. The van der Waals surface area contributed by atoms with Gasteiger partial charge in [0.2, 0.25) is 0 Å². The van der Waals surface area contributed by atoms with Crippen molar-refractivity contribution in [1.82, 2.24) is 10.5 Å². The third kappa shape index (κ3) is 2.84. The van der Waals surface area contributed by atoms with Gasteiger partial charge in [0, 0.05) is 12.0 Å². The van der Waals surface area contributed by atoms with Gasteiger partial charge in [0.25, 0.3) is 5.91 Å². The third-order valence-electron chi connectivity index (χ3n) is 4.43. The van der Waals surface area contributed by atoms with Crippen LogP contribution in [-0.2, 0) is 5.54 Å². The van der Waals surface area contributed by atoms with Gasteiger partial charge >= 0.3 is 0 Å². The van der Waals surface area contributed by atoms with Crippen molar-refractivity contribution in [1.29, 1.82) is 0 Å². The molecular weight excluding hydrogens is 308 g/mol. The minimum atomic E-state index is -0.578. The van der Waals surface area contributed by atoms with Gasteiger partial charge in [-0.05, 0) is 44.4 Å². The Bertz CT molecular complexity index is 777. The molecule has 0 atom stereocenters. The van der Waals surface area contributed by atoms with E-state index < -0.39 is 5.54 Å². The topological polar surface area (TPSA) is 73.6 Å². The molecule has 1 fully saturated rings. The summed E-state index contributed by atoms with van der Waals surface area (Å²) in [6.45, 7) is 4.98. The van der Waals surface area contributed by atoms with Gasteiger partial charge in [-0.15, -0.1) is 0 Å². The molecule has 6 heteroatoms. The number of hydrogen-bond donors (Lipinski definition) is 1. The Morgan fingerprint density at radius 1 is 1.17 bits per heavy atom. The molecule has 1 amide bonds. The number of amides is 1. The molecule has 24 heavy (non-hydrogen) atoms. The maximum Gasteiger partial charge on any atom is 0.274 e. The summed E-state index contributed by atoms with van der Waals surface area (Å²) in [5.41, 5.74) is 0.680. The highest BCUT2D eigenvalue weighted by molar-refractivity contribution is 5.92. The van der Waals surface area contributed by atoms with Gasteiger partial charge in [0.05, 0.1) is 5.54 Å². The molecule has 1 aromatic heterocycles. The highest BCUT2D eigenvalue weighted by Crippen LogP contribution is 2.40. The summed E-state index contributed by atoms with van der Waals surface area (Å²) in [7, 11) is 0. The fourth-order valence-corrected chi connectivity index (χ4v) is 2.81. The average molecular weight is 328 g/mol. The largest absolute Gasteiger partial charge is 0.486 e. The van der Waals surface area contributed by atoms with Gasteiger partial charge in [-0.3, -0.25) is 4.79 Å². The average Bonchev–Trinajstić information content (AvgIpc) is 3.30. The minimum absolute atomic E-state index is 0.245. The van der Waals surface area contributed by atoms with Crippen LogP contribution in [0.2, 0.25) is 0 Å². The Morgan fingerprint density at radius 3 is 2.67 bits per heavy atom. The van der Waals surface area contributed by atoms with E-state index in [0.717, 1.165) is 29.9 Å². The summed E-state index contributed by atoms with van der Waals surface area (Å²) >= 11 is 0. The van der Waals surface area contributed by atoms with Crippen LogP contribution in [0.5, 0.6) is 11.5 Å². The first-order valence-corrected chi connectivity index (χ1v) is 8.22. The van der Waals surface area contributed by atoms with Gasteiger partial charge in [-0.1, -0.05) is 11.2 Å². The van der Waals surface area contributed by atoms with E-state index in [4.69, 9.17) is 14.0 Å².